The van der Waals surface area contributed by atoms with Gasteiger partial charge in [0.05, 0.1) is 0 Å². The molecule has 146 valence electrons. The molecule has 0 saturated heterocycles. The highest BCUT2D eigenvalue weighted by Crippen LogP contribution is 2.23. The zero-order valence-electron chi connectivity index (χ0n) is 17.1. The molecule has 0 fully saturated rings. The van der Waals surface area contributed by atoms with Gasteiger partial charge in [-0.3, -0.25) is 14.6 Å². The van der Waals surface area contributed by atoms with Crippen LogP contribution in [0.5, 0.6) is 0 Å². The Labute approximate surface area is 164 Å². The molecule has 0 heterocycles. The molecule has 1 unspecified atom stereocenters. The second-order valence-corrected chi connectivity index (χ2v) is 6.69. The van der Waals surface area contributed by atoms with Crippen LogP contribution in [0.1, 0.15) is 44.9 Å². The van der Waals surface area contributed by atoms with Crippen LogP contribution in [0, 0.1) is 0 Å². The highest BCUT2D eigenvalue weighted by molar-refractivity contribution is 5.95. The first-order valence-corrected chi connectivity index (χ1v) is 10.0. The predicted octanol–water partition coefficient (Wildman–Crippen LogP) is 4.55. The van der Waals surface area contributed by atoms with E-state index in [0.717, 1.165) is 44.0 Å². The fourth-order valence-corrected chi connectivity index (χ4v) is 3.42. The van der Waals surface area contributed by atoms with Crippen molar-refractivity contribution >= 4 is 11.6 Å². The molecule has 1 atom stereocenters. The monoisotopic (exact) mass is 367 g/mol. The zero-order valence-corrected chi connectivity index (χ0v) is 17.1. The van der Waals surface area contributed by atoms with E-state index in [-0.39, 0.29) is 11.9 Å². The second-order valence-electron chi connectivity index (χ2n) is 6.69. The fraction of sp³-hybridized carbons (Fsp3) is 0.435. The smallest absolute Gasteiger partial charge is 0.246 e. The van der Waals surface area contributed by atoms with Gasteiger partial charge >= 0.3 is 0 Å². The molecule has 2 rings (SSSR count). The summed E-state index contributed by atoms with van der Waals surface area (Å²) in [5, 5.41) is 3.14. The molecule has 0 aliphatic rings. The zero-order chi connectivity index (χ0) is 19.6. The fourth-order valence-electron chi connectivity index (χ4n) is 3.42. The van der Waals surface area contributed by atoms with Crippen LogP contribution in [-0.4, -0.2) is 41.9 Å². The topological polar surface area (TPSA) is 35.6 Å². The van der Waals surface area contributed by atoms with E-state index in [1.165, 1.54) is 5.56 Å². The van der Waals surface area contributed by atoms with Crippen LogP contribution in [0.15, 0.2) is 54.6 Å². The molecular formula is C23H33N3O. The summed E-state index contributed by atoms with van der Waals surface area (Å²) in [4.78, 5) is 17.7. The summed E-state index contributed by atoms with van der Waals surface area (Å²) < 4.78 is 0. The summed E-state index contributed by atoms with van der Waals surface area (Å²) >= 11 is 0. The number of rotatable bonds is 10. The van der Waals surface area contributed by atoms with Crippen molar-refractivity contribution in [2.24, 2.45) is 0 Å². The van der Waals surface area contributed by atoms with E-state index in [4.69, 9.17) is 0 Å². The number of carbonyl (C=O) groups excluding carboxylic acids is 1. The molecular weight excluding hydrogens is 334 g/mol. The largest absolute Gasteiger partial charge is 0.324 e. The molecule has 0 bridgehead atoms. The van der Waals surface area contributed by atoms with Gasteiger partial charge in [0, 0.05) is 12.2 Å². The minimum atomic E-state index is -0.285. The molecule has 27 heavy (non-hydrogen) atoms. The Morgan fingerprint density at radius 2 is 1.56 bits per heavy atom. The normalized spacial score (nSPS) is 12.4. The van der Waals surface area contributed by atoms with Gasteiger partial charge in [0.2, 0.25) is 5.91 Å². The average molecular weight is 368 g/mol. The number of carbonyl (C=O) groups is 1. The van der Waals surface area contributed by atoms with Crippen LogP contribution < -0.4 is 5.32 Å². The summed E-state index contributed by atoms with van der Waals surface area (Å²) in [6.07, 6.45) is 0. The Morgan fingerprint density at radius 3 is 2.15 bits per heavy atom. The summed E-state index contributed by atoms with van der Waals surface area (Å²) in [6.45, 7) is 13.1. The van der Waals surface area contributed by atoms with Gasteiger partial charge in [-0.15, -0.1) is 0 Å². The van der Waals surface area contributed by atoms with Crippen LogP contribution in [0.4, 0.5) is 5.69 Å². The van der Waals surface area contributed by atoms with Crippen LogP contribution >= 0.6 is 0 Å². The number of nitrogens with zero attached hydrogens (tertiary/aromatic N) is 2. The summed E-state index contributed by atoms with van der Waals surface area (Å²) in [6, 6.07) is 17.9. The maximum atomic E-state index is 13.2. The van der Waals surface area contributed by atoms with Gasteiger partial charge in [-0.25, -0.2) is 0 Å². The van der Waals surface area contributed by atoms with Crippen molar-refractivity contribution in [1.82, 2.24) is 9.80 Å². The van der Waals surface area contributed by atoms with Crippen molar-refractivity contribution in [3.05, 3.63) is 65.7 Å². The standard InChI is InChI=1S/C23H33N3O/c1-5-25(6-2)18-19-13-12-16-21(17-19)24-23(27)22(26(7-3)8-4)20-14-10-9-11-15-20/h9-17,22H,5-8,18H2,1-4H3,(H,24,27). The lowest BCUT2D eigenvalue weighted by molar-refractivity contribution is -0.121. The Hall–Kier alpha value is -2.17. The van der Waals surface area contributed by atoms with Crippen LogP contribution in [0.3, 0.4) is 0 Å². The van der Waals surface area contributed by atoms with E-state index in [2.05, 4.69) is 54.9 Å². The van der Waals surface area contributed by atoms with Crippen molar-refractivity contribution in [2.45, 2.75) is 40.3 Å². The molecule has 0 spiro atoms. The van der Waals surface area contributed by atoms with Gasteiger partial charge in [-0.2, -0.15) is 0 Å². The first-order chi connectivity index (χ1) is 13.1. The predicted molar refractivity (Wildman–Crippen MR) is 114 cm³/mol. The third-order valence-corrected chi connectivity index (χ3v) is 5.04. The second kappa shape index (κ2) is 10.9. The Kier molecular flexibility index (Phi) is 8.49. The summed E-state index contributed by atoms with van der Waals surface area (Å²) in [5.74, 6) is 0.0184. The Morgan fingerprint density at radius 1 is 0.889 bits per heavy atom. The van der Waals surface area contributed by atoms with E-state index < -0.39 is 0 Å². The van der Waals surface area contributed by atoms with Gasteiger partial charge in [0.1, 0.15) is 6.04 Å². The van der Waals surface area contributed by atoms with Crippen molar-refractivity contribution < 1.29 is 4.79 Å². The first-order valence-electron chi connectivity index (χ1n) is 10.0. The number of anilines is 1. The van der Waals surface area contributed by atoms with E-state index in [9.17, 15) is 4.79 Å². The molecule has 0 aliphatic carbocycles. The molecule has 2 aromatic carbocycles. The van der Waals surface area contributed by atoms with E-state index in [0.29, 0.717) is 0 Å². The molecule has 4 nitrogen and oxygen atoms in total. The minimum absolute atomic E-state index is 0.0184. The Bertz CT molecular complexity index is 694. The average Bonchev–Trinajstić information content (AvgIpc) is 2.70. The molecule has 0 aromatic heterocycles. The lowest BCUT2D eigenvalue weighted by atomic mass is 10.0. The number of hydrogen-bond donors (Lipinski definition) is 1. The SMILES string of the molecule is CCN(CC)Cc1cccc(NC(=O)C(c2ccccc2)N(CC)CC)c1. The highest BCUT2D eigenvalue weighted by atomic mass is 16.2. The van der Waals surface area contributed by atoms with Gasteiger partial charge in [0.25, 0.3) is 0 Å². The Balaban J connectivity index is 2.19. The minimum Gasteiger partial charge on any atom is -0.324 e. The molecule has 4 heteroatoms. The van der Waals surface area contributed by atoms with Crippen molar-refractivity contribution in [2.75, 3.05) is 31.5 Å². The van der Waals surface area contributed by atoms with E-state index in [1.807, 2.05) is 42.5 Å². The third kappa shape index (κ3) is 5.91. The molecule has 1 amide bonds. The van der Waals surface area contributed by atoms with Gasteiger partial charge in [0.15, 0.2) is 0 Å². The number of hydrogen-bond acceptors (Lipinski definition) is 3. The lowest BCUT2D eigenvalue weighted by Gasteiger charge is -2.29. The lowest BCUT2D eigenvalue weighted by Crippen LogP contribution is -2.37. The van der Waals surface area contributed by atoms with Gasteiger partial charge in [-0.05, 0) is 49.4 Å². The maximum Gasteiger partial charge on any atom is 0.246 e. The summed E-state index contributed by atoms with van der Waals surface area (Å²) in [7, 11) is 0. The highest BCUT2D eigenvalue weighted by Gasteiger charge is 2.25. The molecule has 0 saturated carbocycles. The van der Waals surface area contributed by atoms with Crippen LogP contribution in [-0.2, 0) is 11.3 Å². The van der Waals surface area contributed by atoms with Crippen molar-refractivity contribution in [3.63, 3.8) is 0 Å². The van der Waals surface area contributed by atoms with Crippen LogP contribution in [0.2, 0.25) is 0 Å². The number of nitrogens with one attached hydrogen (secondary N) is 1. The number of amides is 1. The first kappa shape index (κ1) is 21.1. The van der Waals surface area contributed by atoms with E-state index in [1.54, 1.807) is 0 Å². The quantitative estimate of drug-likeness (QED) is 0.669. The maximum absolute atomic E-state index is 13.2. The summed E-state index contributed by atoms with van der Waals surface area (Å²) in [5.41, 5.74) is 3.10. The van der Waals surface area contributed by atoms with Crippen LogP contribution in [0.25, 0.3) is 0 Å². The molecule has 1 N–H and O–H groups in total. The number of benzene rings is 2. The molecule has 0 radical (unpaired) electrons. The number of likely N-dealkylation sites (N-methyl/N-ethyl adjacent to an activating group) is 1. The van der Waals surface area contributed by atoms with Gasteiger partial charge in [-0.1, -0.05) is 70.2 Å². The van der Waals surface area contributed by atoms with Crippen molar-refractivity contribution in [3.8, 4) is 0 Å². The third-order valence-electron chi connectivity index (χ3n) is 5.04. The van der Waals surface area contributed by atoms with Gasteiger partial charge < -0.3 is 5.32 Å². The van der Waals surface area contributed by atoms with Crippen molar-refractivity contribution in [1.29, 1.82) is 0 Å². The van der Waals surface area contributed by atoms with E-state index >= 15 is 0 Å². The molecule has 0 aliphatic heterocycles. The molecule has 2 aromatic rings.